The Hall–Kier alpha value is -2.00. The smallest absolute Gasteiger partial charge is 0.0669 e. The maximum atomic E-state index is 8.63. The van der Waals surface area contributed by atoms with Gasteiger partial charge in [-0.3, -0.25) is 0 Å². The first kappa shape index (κ1) is 12.1. The Kier molecular flexibility index (Phi) is 4.89. The van der Waals surface area contributed by atoms with E-state index in [1.807, 2.05) is 24.3 Å². The lowest BCUT2D eigenvalue weighted by Gasteiger charge is -2.15. The SMILES string of the molecule is CCC(CC#N)Nc1ccc(CC#N)cc1. The van der Waals surface area contributed by atoms with Crippen LogP contribution >= 0.6 is 0 Å². The monoisotopic (exact) mass is 213 g/mol. The molecular weight excluding hydrogens is 198 g/mol. The van der Waals surface area contributed by atoms with Gasteiger partial charge in [0.1, 0.15) is 0 Å². The fraction of sp³-hybridized carbons (Fsp3) is 0.385. The third-order valence-corrected chi connectivity index (χ3v) is 2.44. The van der Waals surface area contributed by atoms with Gasteiger partial charge in [-0.15, -0.1) is 0 Å². The number of anilines is 1. The summed E-state index contributed by atoms with van der Waals surface area (Å²) in [5.41, 5.74) is 2.02. The molecule has 16 heavy (non-hydrogen) atoms. The molecule has 1 aromatic rings. The first-order valence-corrected chi connectivity index (χ1v) is 5.39. The van der Waals surface area contributed by atoms with Crippen molar-refractivity contribution in [3.8, 4) is 12.1 Å². The van der Waals surface area contributed by atoms with Gasteiger partial charge in [-0.2, -0.15) is 10.5 Å². The fourth-order valence-corrected chi connectivity index (χ4v) is 1.45. The van der Waals surface area contributed by atoms with Gasteiger partial charge >= 0.3 is 0 Å². The third-order valence-electron chi connectivity index (χ3n) is 2.44. The largest absolute Gasteiger partial charge is 0.381 e. The van der Waals surface area contributed by atoms with Crippen LogP contribution in [0, 0.1) is 22.7 Å². The van der Waals surface area contributed by atoms with E-state index in [0.29, 0.717) is 12.8 Å². The van der Waals surface area contributed by atoms with Gasteiger partial charge in [0.2, 0.25) is 0 Å². The summed E-state index contributed by atoms with van der Waals surface area (Å²) in [5, 5.41) is 20.5. The molecule has 1 aromatic carbocycles. The van der Waals surface area contributed by atoms with Crippen LogP contribution in [0.4, 0.5) is 5.69 Å². The first-order valence-electron chi connectivity index (χ1n) is 5.39. The van der Waals surface area contributed by atoms with E-state index < -0.39 is 0 Å². The number of benzene rings is 1. The van der Waals surface area contributed by atoms with E-state index in [9.17, 15) is 0 Å². The van der Waals surface area contributed by atoms with Gasteiger partial charge < -0.3 is 5.32 Å². The van der Waals surface area contributed by atoms with Gasteiger partial charge in [0.25, 0.3) is 0 Å². The Morgan fingerprint density at radius 2 is 1.88 bits per heavy atom. The second-order valence-electron chi connectivity index (χ2n) is 3.64. The van der Waals surface area contributed by atoms with Crippen LogP contribution in [0.1, 0.15) is 25.3 Å². The molecule has 1 unspecified atom stereocenters. The lowest BCUT2D eigenvalue weighted by molar-refractivity contribution is 0.711. The average Bonchev–Trinajstić information content (AvgIpc) is 2.31. The first-order chi connectivity index (χ1) is 7.80. The van der Waals surface area contributed by atoms with E-state index in [1.165, 1.54) is 0 Å². The van der Waals surface area contributed by atoms with Crippen LogP contribution in [-0.4, -0.2) is 6.04 Å². The Morgan fingerprint density at radius 1 is 1.19 bits per heavy atom. The van der Waals surface area contributed by atoms with E-state index in [1.54, 1.807) is 0 Å². The van der Waals surface area contributed by atoms with Crippen LogP contribution in [0.5, 0.6) is 0 Å². The van der Waals surface area contributed by atoms with E-state index >= 15 is 0 Å². The van der Waals surface area contributed by atoms with Gasteiger partial charge in [0.15, 0.2) is 0 Å². The van der Waals surface area contributed by atoms with Crippen LogP contribution in [0.3, 0.4) is 0 Å². The highest BCUT2D eigenvalue weighted by atomic mass is 14.9. The summed E-state index contributed by atoms with van der Waals surface area (Å²) < 4.78 is 0. The molecule has 0 aliphatic rings. The Bertz CT molecular complexity index is 395. The van der Waals surface area contributed by atoms with Gasteiger partial charge in [-0.05, 0) is 24.1 Å². The molecule has 0 aromatic heterocycles. The second-order valence-corrected chi connectivity index (χ2v) is 3.64. The fourth-order valence-electron chi connectivity index (χ4n) is 1.45. The predicted molar refractivity (Wildman–Crippen MR) is 63.7 cm³/mol. The minimum atomic E-state index is 0.201. The van der Waals surface area contributed by atoms with Crippen LogP contribution in [-0.2, 0) is 6.42 Å². The predicted octanol–water partition coefficient (Wildman–Crippen LogP) is 2.86. The minimum absolute atomic E-state index is 0.201. The van der Waals surface area contributed by atoms with Crippen LogP contribution in [0.15, 0.2) is 24.3 Å². The number of nitrogens with one attached hydrogen (secondary N) is 1. The Labute approximate surface area is 96.3 Å². The lowest BCUT2D eigenvalue weighted by atomic mass is 10.1. The van der Waals surface area contributed by atoms with Crippen molar-refractivity contribution in [3.05, 3.63) is 29.8 Å². The quantitative estimate of drug-likeness (QED) is 0.818. The maximum Gasteiger partial charge on any atom is 0.0669 e. The molecule has 0 saturated carbocycles. The molecular formula is C13H15N3. The number of nitrogens with zero attached hydrogens (tertiary/aromatic N) is 2. The summed E-state index contributed by atoms with van der Waals surface area (Å²) in [6, 6.07) is 12.3. The summed E-state index contributed by atoms with van der Waals surface area (Å²) in [4.78, 5) is 0. The molecule has 0 aliphatic carbocycles. The molecule has 0 amide bonds. The normalized spacial score (nSPS) is 11.2. The van der Waals surface area contributed by atoms with Crippen LogP contribution in [0.2, 0.25) is 0 Å². The number of hydrogen-bond acceptors (Lipinski definition) is 3. The topological polar surface area (TPSA) is 59.6 Å². The van der Waals surface area contributed by atoms with E-state index in [4.69, 9.17) is 10.5 Å². The molecule has 0 fully saturated rings. The molecule has 0 aliphatic heterocycles. The minimum Gasteiger partial charge on any atom is -0.381 e. The summed E-state index contributed by atoms with van der Waals surface area (Å²) >= 11 is 0. The van der Waals surface area contributed by atoms with Crippen LogP contribution < -0.4 is 5.32 Å². The molecule has 82 valence electrons. The van der Waals surface area contributed by atoms with Crippen molar-refractivity contribution >= 4 is 5.69 Å². The highest BCUT2D eigenvalue weighted by Crippen LogP contribution is 2.13. The zero-order valence-corrected chi connectivity index (χ0v) is 9.40. The standard InChI is InChI=1S/C13H15N3/c1-2-12(8-10-15)16-13-5-3-11(4-6-13)7-9-14/h3-6,12,16H,2,7-8H2,1H3. The molecule has 0 saturated heterocycles. The zero-order chi connectivity index (χ0) is 11.8. The van der Waals surface area contributed by atoms with Crippen molar-refractivity contribution in [1.82, 2.24) is 0 Å². The van der Waals surface area contributed by atoms with Gasteiger partial charge in [0, 0.05) is 11.7 Å². The zero-order valence-electron chi connectivity index (χ0n) is 9.40. The van der Waals surface area contributed by atoms with Crippen molar-refractivity contribution in [2.75, 3.05) is 5.32 Å². The van der Waals surface area contributed by atoms with Gasteiger partial charge in [-0.1, -0.05) is 19.1 Å². The molecule has 0 heterocycles. The maximum absolute atomic E-state index is 8.63. The van der Waals surface area contributed by atoms with Crippen molar-refractivity contribution in [1.29, 1.82) is 10.5 Å². The molecule has 1 rings (SSSR count). The van der Waals surface area contributed by atoms with Crippen LogP contribution in [0.25, 0.3) is 0 Å². The molecule has 0 radical (unpaired) electrons. The van der Waals surface area contributed by atoms with Crippen molar-refractivity contribution in [2.24, 2.45) is 0 Å². The number of rotatable bonds is 5. The van der Waals surface area contributed by atoms with E-state index in [2.05, 4.69) is 24.4 Å². The van der Waals surface area contributed by atoms with E-state index in [-0.39, 0.29) is 6.04 Å². The number of nitriles is 2. The van der Waals surface area contributed by atoms with Crippen molar-refractivity contribution in [3.63, 3.8) is 0 Å². The second kappa shape index (κ2) is 6.48. The molecule has 1 N–H and O–H groups in total. The van der Waals surface area contributed by atoms with Gasteiger partial charge in [0.05, 0.1) is 25.0 Å². The Morgan fingerprint density at radius 3 is 2.38 bits per heavy atom. The summed E-state index contributed by atoms with van der Waals surface area (Å²) in [7, 11) is 0. The summed E-state index contributed by atoms with van der Waals surface area (Å²) in [6.45, 7) is 2.05. The molecule has 3 heteroatoms. The molecule has 3 nitrogen and oxygen atoms in total. The Balaban J connectivity index is 2.61. The molecule has 0 spiro atoms. The van der Waals surface area contributed by atoms with Gasteiger partial charge in [-0.25, -0.2) is 0 Å². The summed E-state index contributed by atoms with van der Waals surface area (Å²) in [6.07, 6.45) is 1.87. The van der Waals surface area contributed by atoms with Crippen molar-refractivity contribution < 1.29 is 0 Å². The third kappa shape index (κ3) is 3.63. The molecule has 1 atom stereocenters. The highest BCUT2D eigenvalue weighted by Gasteiger charge is 2.04. The summed E-state index contributed by atoms with van der Waals surface area (Å²) in [5.74, 6) is 0. The van der Waals surface area contributed by atoms with E-state index in [0.717, 1.165) is 17.7 Å². The average molecular weight is 213 g/mol. The molecule has 0 bridgehead atoms. The highest BCUT2D eigenvalue weighted by molar-refractivity contribution is 5.45. The van der Waals surface area contributed by atoms with Crippen molar-refractivity contribution in [2.45, 2.75) is 32.2 Å². The lowest BCUT2D eigenvalue weighted by Crippen LogP contribution is -2.17. The number of hydrogen-bond donors (Lipinski definition) is 1.